The zero-order valence-corrected chi connectivity index (χ0v) is 76.0. The molecule has 1 aliphatic rings. The van der Waals surface area contributed by atoms with Gasteiger partial charge in [0.15, 0.2) is 42.7 Å². The van der Waals surface area contributed by atoms with E-state index in [0.29, 0.717) is 64.2 Å². The van der Waals surface area contributed by atoms with Gasteiger partial charge in [0.2, 0.25) is 5.91 Å². The Labute approximate surface area is 758 Å². The first-order valence-corrected chi connectivity index (χ1v) is 44.8. The number of amides is 9. The van der Waals surface area contributed by atoms with Gasteiger partial charge in [-0.05, 0) is 284 Å². The van der Waals surface area contributed by atoms with E-state index in [4.69, 9.17) is 83.8 Å². The first kappa shape index (κ1) is 113. The maximum absolute atomic E-state index is 14.0. The molecule has 0 bridgehead atoms. The highest BCUT2D eigenvalue weighted by Gasteiger charge is 2.40. The molecule has 2 aromatic rings. The number of esters is 7. The molecule has 16 atom stereocenters. The van der Waals surface area contributed by atoms with Crippen LogP contribution in [0.1, 0.15) is 227 Å². The number of alkyl carbamates (subject to hydrolysis) is 1. The summed E-state index contributed by atoms with van der Waals surface area (Å²) in [6.07, 6.45) is -7.33. The van der Waals surface area contributed by atoms with Crippen LogP contribution in [0.3, 0.4) is 0 Å². The van der Waals surface area contributed by atoms with Crippen LogP contribution >= 0.6 is 0 Å². The van der Waals surface area contributed by atoms with Crippen molar-refractivity contribution in [2.45, 2.75) is 313 Å². The van der Waals surface area contributed by atoms with Crippen LogP contribution in [0.15, 0.2) is 48.5 Å². The number of benzene rings is 2. The Morgan fingerprint density at radius 2 is 0.462 bits per heavy atom. The van der Waals surface area contributed by atoms with Gasteiger partial charge >= 0.3 is 53.8 Å². The summed E-state index contributed by atoms with van der Waals surface area (Å²) in [6, 6.07) is 2.83. The molecule has 43 heteroatoms. The highest BCUT2D eigenvalue weighted by molar-refractivity contribution is 5.97. The topological polar surface area (TPSA) is 701 Å². The van der Waals surface area contributed by atoms with Crippen LogP contribution < -0.4 is 93.7 Å². The molecule has 1 aliphatic carbocycles. The van der Waals surface area contributed by atoms with Crippen molar-refractivity contribution in [3.8, 4) is 11.1 Å². The Morgan fingerprint density at radius 1 is 0.269 bits per heavy atom. The van der Waals surface area contributed by atoms with Gasteiger partial charge in [0.05, 0.1) is 0 Å². The lowest BCUT2D eigenvalue weighted by atomic mass is 9.98. The number of nitrogens with two attached hydrogens (primary N) is 8. The standard InChI is InChI=1S/C87H141N17O26/c1-50(79(113)114)96-78(112)63(33-13-21-41-88)97-71(105)51(2)124-80(115)64(34-14-22-42-89)98-72(106)52(3)125-81(116)65(35-15-23-43-90)99-73(107)53(4)126-82(117)66(36-16-24-44-91)100-74(108)54(5)127-83(118)67(37-17-25-45-92)101-75(109)55(6)128-84(119)68(38-18-26-46-93)102-76(110)56(7)129-85(120)69(39-19-27-47-94)103-77(111)57(8)130-86(121)70(40-20-28-48-95)104-87(122)123-49-62-60-31-11-9-29-58(60)59-30-10-12-32-61(59)62/h9-12,29-32,50-57,62-70H,13-28,33-49,88-95H2,1-8H3,(H,96,112)(H,97,105)(H,98,106)(H,99,107)(H,100,108)(H,101,109)(H,102,110)(H,103,111)(H,104,122)(H,113,114)/t50-,51-,52-,53-,54-,55-,56-,57-,63-,64-,65-,66-,67-,68-,69-,70-/m0/s1. The molecule has 9 amide bonds. The number of carbonyl (C=O) groups is 17. The fourth-order valence-corrected chi connectivity index (χ4v) is 13.3. The number of carboxylic acids is 1. The first-order chi connectivity index (χ1) is 61.9. The van der Waals surface area contributed by atoms with E-state index < -0.39 is 198 Å². The van der Waals surface area contributed by atoms with Crippen molar-refractivity contribution in [1.82, 2.24) is 47.9 Å². The third-order valence-corrected chi connectivity index (χ3v) is 21.1. The third kappa shape index (κ3) is 40.9. The number of carboxylic acid groups (broad SMARTS) is 1. The highest BCUT2D eigenvalue weighted by Crippen LogP contribution is 2.44. The average Bonchev–Trinajstić information content (AvgIpc) is 1.61. The Hall–Kier alpha value is -11.1. The second kappa shape index (κ2) is 62.2. The van der Waals surface area contributed by atoms with E-state index in [9.17, 15) is 86.6 Å². The Morgan fingerprint density at radius 3 is 0.669 bits per heavy atom. The zero-order valence-electron chi connectivity index (χ0n) is 76.0. The lowest BCUT2D eigenvalue weighted by molar-refractivity contribution is -0.163. The molecular formula is C87H141N17O26. The Balaban J connectivity index is 1.70. The smallest absolute Gasteiger partial charge is 0.407 e. The molecule has 730 valence electrons. The van der Waals surface area contributed by atoms with Crippen molar-refractivity contribution in [2.75, 3.05) is 59.0 Å². The van der Waals surface area contributed by atoms with Crippen LogP contribution in [0.4, 0.5) is 4.79 Å². The maximum atomic E-state index is 14.0. The van der Waals surface area contributed by atoms with Crippen molar-refractivity contribution >= 4 is 101 Å². The minimum atomic E-state index is -1.69. The maximum Gasteiger partial charge on any atom is 0.407 e. The van der Waals surface area contributed by atoms with Crippen molar-refractivity contribution in [3.05, 3.63) is 59.7 Å². The van der Waals surface area contributed by atoms with Gasteiger partial charge in [-0.2, -0.15) is 0 Å². The number of aliphatic carboxylic acids is 1. The van der Waals surface area contributed by atoms with Crippen LogP contribution in [0.25, 0.3) is 11.1 Å². The van der Waals surface area contributed by atoms with Gasteiger partial charge in [0.25, 0.3) is 41.4 Å². The minimum Gasteiger partial charge on any atom is -0.480 e. The van der Waals surface area contributed by atoms with Crippen molar-refractivity contribution in [2.24, 2.45) is 45.9 Å². The number of nitrogens with one attached hydrogen (secondary N) is 9. The second-order valence-corrected chi connectivity index (χ2v) is 31.8. The number of hydrogen-bond acceptors (Lipinski definition) is 33. The number of carbonyl (C=O) groups excluding carboxylic acids is 16. The van der Waals surface area contributed by atoms with E-state index in [2.05, 4.69) is 47.9 Å². The van der Waals surface area contributed by atoms with Gasteiger partial charge in [-0.3, -0.25) is 43.2 Å². The fraction of sp³-hybridized carbons (Fsp3) is 0.667. The van der Waals surface area contributed by atoms with Crippen LogP contribution in [-0.4, -0.2) is 262 Å². The van der Waals surface area contributed by atoms with Crippen molar-refractivity contribution in [1.29, 1.82) is 0 Å². The summed E-state index contributed by atoms with van der Waals surface area (Å²) >= 11 is 0. The summed E-state index contributed by atoms with van der Waals surface area (Å²) in [5.74, 6) is -17.1. The summed E-state index contributed by atoms with van der Waals surface area (Å²) in [5, 5.41) is 31.5. The molecule has 0 unspecified atom stereocenters. The largest absolute Gasteiger partial charge is 0.480 e. The lowest BCUT2D eigenvalue weighted by Gasteiger charge is -2.26. The summed E-state index contributed by atoms with van der Waals surface area (Å²) in [5.41, 5.74) is 49.8. The Kier molecular flexibility index (Phi) is 54.1. The lowest BCUT2D eigenvalue weighted by Crippen LogP contribution is -2.53. The second-order valence-electron chi connectivity index (χ2n) is 31.8. The van der Waals surface area contributed by atoms with Crippen LogP contribution in [0.2, 0.25) is 0 Å². The number of unbranched alkanes of at least 4 members (excludes halogenated alkanes) is 8. The predicted molar refractivity (Wildman–Crippen MR) is 473 cm³/mol. The zero-order chi connectivity index (χ0) is 97.0. The van der Waals surface area contributed by atoms with Crippen LogP contribution in [0.5, 0.6) is 0 Å². The van der Waals surface area contributed by atoms with E-state index in [1.54, 1.807) is 0 Å². The summed E-state index contributed by atoms with van der Waals surface area (Å²) in [6.45, 7) is 11.2. The van der Waals surface area contributed by atoms with Gasteiger partial charge in [-0.15, -0.1) is 0 Å². The third-order valence-electron chi connectivity index (χ3n) is 21.1. The molecule has 0 aromatic heterocycles. The van der Waals surface area contributed by atoms with Gasteiger partial charge < -0.3 is 137 Å². The van der Waals surface area contributed by atoms with Crippen LogP contribution in [0, 0.1) is 0 Å². The molecule has 2 aromatic carbocycles. The molecule has 3 rings (SSSR count). The number of fused-ring (bicyclic) bond motifs is 3. The fourth-order valence-electron chi connectivity index (χ4n) is 13.3. The molecule has 0 radical (unpaired) electrons. The van der Waals surface area contributed by atoms with E-state index in [1.807, 2.05) is 48.5 Å². The highest BCUT2D eigenvalue weighted by atomic mass is 16.6. The van der Waals surface area contributed by atoms with Gasteiger partial charge in [0, 0.05) is 5.92 Å². The van der Waals surface area contributed by atoms with Crippen molar-refractivity contribution in [3.63, 3.8) is 0 Å². The SMILES string of the molecule is C[C@H](NC(=O)[C@H](CCCCN)NC(=O)[C@H](C)OC(=O)[C@H](CCCCN)NC(=O)[C@H](C)OC(=O)[C@H](CCCCN)NC(=O)[C@H](C)OC(=O)[C@H](CCCCN)NC(=O)[C@H](C)OC(=O)[C@H](CCCCN)NC(=O)[C@H](C)OC(=O)[C@H](CCCCN)NC(=O)[C@H](C)OC(=O)[C@H](CCCCN)NC(=O)[C@H](C)OC(=O)[C@H](CCCCN)NC(=O)OCC1c2ccccc2-c2ccccc21)C(=O)O. The molecule has 0 fully saturated rings. The summed E-state index contributed by atoms with van der Waals surface area (Å²) < 4.78 is 44.4. The minimum absolute atomic E-state index is 0.0474. The quantitative estimate of drug-likeness (QED) is 0.0224. The average molecular weight is 1840 g/mol. The Bertz CT molecular complexity index is 3930. The number of rotatable bonds is 66. The monoisotopic (exact) mass is 1840 g/mol. The number of ether oxygens (including phenoxy) is 8. The van der Waals surface area contributed by atoms with E-state index in [-0.39, 0.29) is 155 Å². The summed E-state index contributed by atoms with van der Waals surface area (Å²) in [4.78, 5) is 231. The first-order valence-electron chi connectivity index (χ1n) is 44.8. The van der Waals surface area contributed by atoms with Gasteiger partial charge in [-0.1, -0.05) is 48.5 Å². The molecule has 0 saturated heterocycles. The predicted octanol–water partition coefficient (Wildman–Crippen LogP) is -0.569. The molecule has 26 N–H and O–H groups in total. The van der Waals surface area contributed by atoms with Gasteiger partial charge in [-0.25, -0.2) is 38.4 Å². The molecule has 43 nitrogen and oxygen atoms in total. The van der Waals surface area contributed by atoms with E-state index >= 15 is 0 Å². The summed E-state index contributed by atoms with van der Waals surface area (Å²) in [7, 11) is 0. The molecule has 0 spiro atoms. The van der Waals surface area contributed by atoms with Gasteiger partial charge in [0.1, 0.15) is 61.0 Å². The van der Waals surface area contributed by atoms with Crippen molar-refractivity contribution < 1.29 is 125 Å². The molecule has 0 heterocycles. The van der Waals surface area contributed by atoms with E-state index in [1.165, 1.54) is 41.5 Å². The molecular weight excluding hydrogens is 1700 g/mol. The molecule has 130 heavy (non-hydrogen) atoms. The number of hydrogen-bond donors (Lipinski definition) is 18. The molecule has 0 saturated carbocycles. The molecule has 0 aliphatic heterocycles. The van der Waals surface area contributed by atoms with E-state index in [0.717, 1.165) is 36.1 Å². The normalized spacial score (nSPS) is 15.2. The van der Waals surface area contributed by atoms with Crippen LogP contribution in [-0.2, 0) is 115 Å².